The standard InChI is InChI=1S/C18H15F2N5O2/c1-12-10-14(7-8-15(12)25-11-21-23-24-25)22-17(26)9-6-13-4-2-3-5-16(13)27-18(19)20/h2-11,18H,1H3,(H,22,26)/b9-6+. The van der Waals surface area contributed by atoms with Crippen LogP contribution in [0.4, 0.5) is 14.5 Å². The van der Waals surface area contributed by atoms with Crippen LogP contribution in [0, 0.1) is 6.92 Å². The molecule has 2 aromatic carbocycles. The van der Waals surface area contributed by atoms with Gasteiger partial charge in [-0.1, -0.05) is 18.2 Å². The third-order valence-corrected chi connectivity index (χ3v) is 3.61. The Morgan fingerprint density at radius 2 is 2.07 bits per heavy atom. The zero-order valence-corrected chi connectivity index (χ0v) is 14.2. The fourth-order valence-corrected chi connectivity index (χ4v) is 2.43. The topological polar surface area (TPSA) is 81.9 Å². The Morgan fingerprint density at radius 3 is 2.78 bits per heavy atom. The van der Waals surface area contributed by atoms with E-state index in [9.17, 15) is 13.6 Å². The monoisotopic (exact) mass is 371 g/mol. The van der Waals surface area contributed by atoms with Crippen LogP contribution in [-0.2, 0) is 4.79 Å². The van der Waals surface area contributed by atoms with Crippen LogP contribution in [0.25, 0.3) is 11.8 Å². The molecule has 0 saturated heterocycles. The van der Waals surface area contributed by atoms with E-state index in [1.807, 2.05) is 6.92 Å². The highest BCUT2D eigenvalue weighted by Crippen LogP contribution is 2.22. The van der Waals surface area contributed by atoms with Crippen molar-refractivity contribution in [2.75, 3.05) is 5.32 Å². The third-order valence-electron chi connectivity index (χ3n) is 3.61. The summed E-state index contributed by atoms with van der Waals surface area (Å²) in [6.45, 7) is -1.07. The smallest absolute Gasteiger partial charge is 0.387 e. The van der Waals surface area contributed by atoms with Gasteiger partial charge in [-0.25, -0.2) is 4.68 Å². The molecular weight excluding hydrogens is 356 g/mol. The van der Waals surface area contributed by atoms with E-state index in [0.717, 1.165) is 11.3 Å². The number of aromatic nitrogens is 4. The number of nitrogens with one attached hydrogen (secondary N) is 1. The lowest BCUT2D eigenvalue weighted by molar-refractivity contribution is -0.111. The molecule has 138 valence electrons. The number of ether oxygens (including phenoxy) is 1. The van der Waals surface area contributed by atoms with Gasteiger partial charge in [0.1, 0.15) is 12.1 Å². The van der Waals surface area contributed by atoms with Gasteiger partial charge in [0.25, 0.3) is 0 Å². The number of carbonyl (C=O) groups excluding carboxylic acids is 1. The lowest BCUT2D eigenvalue weighted by Gasteiger charge is -2.08. The van der Waals surface area contributed by atoms with Gasteiger partial charge in [0, 0.05) is 17.3 Å². The minimum atomic E-state index is -2.94. The minimum Gasteiger partial charge on any atom is -0.434 e. The predicted octanol–water partition coefficient (Wildman–Crippen LogP) is 3.22. The molecule has 0 radical (unpaired) electrons. The molecule has 1 aromatic heterocycles. The highest BCUT2D eigenvalue weighted by Gasteiger charge is 2.08. The predicted molar refractivity (Wildman–Crippen MR) is 94.6 cm³/mol. The van der Waals surface area contributed by atoms with Crippen LogP contribution in [0.1, 0.15) is 11.1 Å². The molecule has 1 heterocycles. The summed E-state index contributed by atoms with van der Waals surface area (Å²) in [5.74, 6) is -0.408. The number of tetrazole rings is 1. The van der Waals surface area contributed by atoms with Crippen molar-refractivity contribution >= 4 is 17.7 Å². The van der Waals surface area contributed by atoms with E-state index in [-0.39, 0.29) is 5.75 Å². The Hall–Kier alpha value is -3.62. The van der Waals surface area contributed by atoms with Crippen molar-refractivity contribution in [1.29, 1.82) is 0 Å². The lowest BCUT2D eigenvalue weighted by Crippen LogP contribution is -2.09. The number of rotatable bonds is 6. The number of alkyl halides is 2. The van der Waals surface area contributed by atoms with Crippen LogP contribution in [0.15, 0.2) is 54.9 Å². The van der Waals surface area contributed by atoms with Crippen LogP contribution < -0.4 is 10.1 Å². The summed E-state index contributed by atoms with van der Waals surface area (Å²) in [6.07, 6.45) is 4.13. The van der Waals surface area contributed by atoms with Gasteiger partial charge in [-0.15, -0.1) is 5.10 Å². The number of benzene rings is 2. The van der Waals surface area contributed by atoms with Crippen LogP contribution in [0.3, 0.4) is 0 Å². The van der Waals surface area contributed by atoms with Gasteiger partial charge in [-0.2, -0.15) is 8.78 Å². The maximum Gasteiger partial charge on any atom is 0.387 e. The van der Waals surface area contributed by atoms with Crippen molar-refractivity contribution < 1.29 is 18.3 Å². The molecule has 0 aliphatic heterocycles. The normalized spacial score (nSPS) is 11.1. The van der Waals surface area contributed by atoms with Crippen molar-refractivity contribution in [3.8, 4) is 11.4 Å². The average molecular weight is 371 g/mol. The zero-order chi connectivity index (χ0) is 19.2. The Balaban J connectivity index is 1.69. The first-order valence-corrected chi connectivity index (χ1v) is 7.90. The summed E-state index contributed by atoms with van der Waals surface area (Å²) in [4.78, 5) is 12.1. The van der Waals surface area contributed by atoms with E-state index in [0.29, 0.717) is 11.3 Å². The van der Waals surface area contributed by atoms with Gasteiger partial charge in [-0.3, -0.25) is 4.79 Å². The molecule has 7 nitrogen and oxygen atoms in total. The van der Waals surface area contributed by atoms with Crippen molar-refractivity contribution in [2.45, 2.75) is 13.5 Å². The van der Waals surface area contributed by atoms with E-state index in [2.05, 4.69) is 25.6 Å². The number of halogens is 2. The molecular formula is C18H15F2N5O2. The lowest BCUT2D eigenvalue weighted by atomic mass is 10.1. The second-order valence-electron chi connectivity index (χ2n) is 5.49. The maximum atomic E-state index is 12.4. The van der Waals surface area contributed by atoms with Crippen molar-refractivity contribution in [2.24, 2.45) is 0 Å². The number of para-hydroxylation sites is 1. The second-order valence-corrected chi connectivity index (χ2v) is 5.49. The fourth-order valence-electron chi connectivity index (χ4n) is 2.43. The first-order valence-electron chi connectivity index (χ1n) is 7.90. The van der Waals surface area contributed by atoms with E-state index in [1.165, 1.54) is 29.2 Å². The third kappa shape index (κ3) is 4.72. The Morgan fingerprint density at radius 1 is 1.26 bits per heavy atom. The first kappa shape index (κ1) is 18.2. The Kier molecular flexibility index (Phi) is 5.50. The van der Waals surface area contributed by atoms with Gasteiger partial charge >= 0.3 is 6.61 Å². The van der Waals surface area contributed by atoms with E-state index < -0.39 is 12.5 Å². The summed E-state index contributed by atoms with van der Waals surface area (Å²) < 4.78 is 30.8. The number of hydrogen-bond donors (Lipinski definition) is 1. The number of carbonyl (C=O) groups is 1. The van der Waals surface area contributed by atoms with Gasteiger partial charge in [0.2, 0.25) is 5.91 Å². The zero-order valence-electron chi connectivity index (χ0n) is 14.2. The molecule has 0 bridgehead atoms. The minimum absolute atomic E-state index is 0.00168. The molecule has 3 aromatic rings. The van der Waals surface area contributed by atoms with Gasteiger partial charge in [0.15, 0.2) is 0 Å². The highest BCUT2D eigenvalue weighted by molar-refractivity contribution is 6.02. The first-order chi connectivity index (χ1) is 13.0. The molecule has 1 N–H and O–H groups in total. The molecule has 3 rings (SSSR count). The number of aryl methyl sites for hydroxylation is 1. The molecule has 1 amide bonds. The van der Waals surface area contributed by atoms with Gasteiger partial charge in [-0.05, 0) is 53.3 Å². The molecule has 0 atom stereocenters. The highest BCUT2D eigenvalue weighted by atomic mass is 19.3. The summed E-state index contributed by atoms with van der Waals surface area (Å²) >= 11 is 0. The summed E-state index contributed by atoms with van der Waals surface area (Å²) in [5.41, 5.74) is 2.60. The van der Waals surface area contributed by atoms with Crippen molar-refractivity contribution in [1.82, 2.24) is 20.2 Å². The number of anilines is 1. The van der Waals surface area contributed by atoms with Crippen LogP contribution in [0.5, 0.6) is 5.75 Å². The van der Waals surface area contributed by atoms with Crippen molar-refractivity contribution in [3.63, 3.8) is 0 Å². The molecule has 0 spiro atoms. The van der Waals surface area contributed by atoms with E-state index in [1.54, 1.807) is 36.4 Å². The Labute approximate surface area is 153 Å². The van der Waals surface area contributed by atoms with E-state index in [4.69, 9.17) is 0 Å². The quantitative estimate of drug-likeness (QED) is 0.673. The summed E-state index contributed by atoms with van der Waals surface area (Å²) in [6, 6.07) is 11.5. The van der Waals surface area contributed by atoms with Crippen molar-refractivity contribution in [3.05, 3.63) is 66.0 Å². The Bertz CT molecular complexity index is 958. The van der Waals surface area contributed by atoms with Crippen LogP contribution in [-0.4, -0.2) is 32.7 Å². The second kappa shape index (κ2) is 8.17. The molecule has 27 heavy (non-hydrogen) atoms. The maximum absolute atomic E-state index is 12.4. The molecule has 0 unspecified atom stereocenters. The molecule has 0 aliphatic carbocycles. The van der Waals surface area contributed by atoms with Gasteiger partial charge in [0.05, 0.1) is 5.69 Å². The number of nitrogens with zero attached hydrogens (tertiary/aromatic N) is 4. The molecule has 0 aliphatic rings. The average Bonchev–Trinajstić information content (AvgIpc) is 3.15. The molecule has 9 heteroatoms. The number of amides is 1. The molecule has 0 fully saturated rings. The van der Waals surface area contributed by atoms with Crippen LogP contribution >= 0.6 is 0 Å². The fraction of sp³-hybridized carbons (Fsp3) is 0.111. The molecule has 0 saturated carbocycles. The SMILES string of the molecule is Cc1cc(NC(=O)/C=C/c2ccccc2OC(F)F)ccc1-n1cnnn1. The summed E-state index contributed by atoms with van der Waals surface area (Å²) in [7, 11) is 0. The van der Waals surface area contributed by atoms with Gasteiger partial charge < -0.3 is 10.1 Å². The van der Waals surface area contributed by atoms with E-state index >= 15 is 0 Å². The summed E-state index contributed by atoms with van der Waals surface area (Å²) in [5, 5.41) is 13.7. The van der Waals surface area contributed by atoms with Crippen LogP contribution in [0.2, 0.25) is 0 Å². The largest absolute Gasteiger partial charge is 0.434 e. The number of hydrogen-bond acceptors (Lipinski definition) is 5.